The Hall–Kier alpha value is -2.80. The van der Waals surface area contributed by atoms with Crippen LogP contribution in [0.25, 0.3) is 6.08 Å². The van der Waals surface area contributed by atoms with Crippen LogP contribution >= 0.6 is 0 Å². The summed E-state index contributed by atoms with van der Waals surface area (Å²) in [5, 5.41) is 9.19. The molecule has 0 saturated heterocycles. The fourth-order valence-electron chi connectivity index (χ4n) is 1.98. The van der Waals surface area contributed by atoms with Crippen LogP contribution in [-0.2, 0) is 4.79 Å². The molecule has 4 nitrogen and oxygen atoms in total. The monoisotopic (exact) mass is 279 g/mol. The second-order valence-corrected chi connectivity index (χ2v) is 4.97. The Morgan fingerprint density at radius 1 is 1.10 bits per heavy atom. The van der Waals surface area contributed by atoms with Gasteiger partial charge in [-0.05, 0) is 44.5 Å². The number of nitrogens with zero attached hydrogens (tertiary/aromatic N) is 2. The first-order chi connectivity index (χ1) is 10.0. The summed E-state index contributed by atoms with van der Waals surface area (Å²) >= 11 is 0. The van der Waals surface area contributed by atoms with Gasteiger partial charge in [0, 0.05) is 11.4 Å². The number of rotatable bonds is 3. The maximum absolute atomic E-state index is 12.2. The molecule has 2 aromatic rings. The Labute approximate surface area is 124 Å². The summed E-state index contributed by atoms with van der Waals surface area (Å²) in [6, 6.07) is 13.4. The number of nitriles is 1. The van der Waals surface area contributed by atoms with E-state index in [0.29, 0.717) is 0 Å². The molecule has 0 aliphatic rings. The van der Waals surface area contributed by atoms with Crippen molar-refractivity contribution in [3.05, 3.63) is 64.5 Å². The minimum Gasteiger partial charge on any atom is -0.267 e. The van der Waals surface area contributed by atoms with Crippen molar-refractivity contribution in [2.45, 2.75) is 20.8 Å². The van der Waals surface area contributed by atoms with Crippen molar-refractivity contribution in [3.63, 3.8) is 0 Å². The van der Waals surface area contributed by atoms with Crippen LogP contribution in [-0.4, -0.2) is 10.6 Å². The number of benzene rings is 1. The second-order valence-electron chi connectivity index (χ2n) is 4.97. The smallest absolute Gasteiger partial charge is 0.267 e. The molecule has 0 radical (unpaired) electrons. The van der Waals surface area contributed by atoms with E-state index in [1.165, 1.54) is 0 Å². The number of carbonyl (C=O) groups is 1. The van der Waals surface area contributed by atoms with Gasteiger partial charge >= 0.3 is 0 Å². The molecule has 0 bridgehead atoms. The van der Waals surface area contributed by atoms with Crippen molar-refractivity contribution in [2.24, 2.45) is 0 Å². The summed E-state index contributed by atoms with van der Waals surface area (Å²) in [5.41, 5.74) is 6.58. The van der Waals surface area contributed by atoms with Crippen LogP contribution in [0.5, 0.6) is 0 Å². The zero-order chi connectivity index (χ0) is 15.4. The Morgan fingerprint density at radius 3 is 2.19 bits per heavy atom. The average Bonchev–Trinajstić information content (AvgIpc) is 2.78. The minimum atomic E-state index is -0.416. The van der Waals surface area contributed by atoms with Gasteiger partial charge in [0.1, 0.15) is 11.6 Å². The zero-order valence-corrected chi connectivity index (χ0v) is 12.3. The van der Waals surface area contributed by atoms with Gasteiger partial charge in [-0.25, -0.2) is 0 Å². The summed E-state index contributed by atoms with van der Waals surface area (Å²) in [4.78, 5) is 12.2. The summed E-state index contributed by atoms with van der Waals surface area (Å²) in [6.45, 7) is 5.77. The average molecular weight is 279 g/mol. The Morgan fingerprint density at radius 2 is 1.67 bits per heavy atom. The van der Waals surface area contributed by atoms with Gasteiger partial charge in [0.2, 0.25) is 0 Å². The Bertz CT molecular complexity index is 711. The lowest BCUT2D eigenvalue weighted by molar-refractivity contribution is -0.113. The Balaban J connectivity index is 2.23. The van der Waals surface area contributed by atoms with Gasteiger partial charge in [-0.15, -0.1) is 0 Å². The fourth-order valence-corrected chi connectivity index (χ4v) is 1.98. The number of amides is 1. The van der Waals surface area contributed by atoms with E-state index in [1.54, 1.807) is 10.8 Å². The molecule has 1 amide bonds. The highest BCUT2D eigenvalue weighted by atomic mass is 16.2. The first-order valence-corrected chi connectivity index (χ1v) is 6.66. The number of hydrogen-bond donors (Lipinski definition) is 1. The predicted molar refractivity (Wildman–Crippen MR) is 83.0 cm³/mol. The van der Waals surface area contributed by atoms with E-state index in [2.05, 4.69) is 5.43 Å². The van der Waals surface area contributed by atoms with Gasteiger partial charge in [-0.2, -0.15) is 5.26 Å². The molecular formula is C17H17N3O. The summed E-state index contributed by atoms with van der Waals surface area (Å²) in [7, 11) is 0. The number of nitrogens with one attached hydrogen (secondary N) is 1. The van der Waals surface area contributed by atoms with Crippen molar-refractivity contribution in [2.75, 3.05) is 5.43 Å². The van der Waals surface area contributed by atoms with E-state index in [4.69, 9.17) is 0 Å². The van der Waals surface area contributed by atoms with Gasteiger partial charge in [0.25, 0.3) is 5.91 Å². The van der Waals surface area contributed by atoms with Crippen LogP contribution in [0.2, 0.25) is 0 Å². The fraction of sp³-hybridized carbons (Fsp3) is 0.176. The molecule has 0 aliphatic heterocycles. The second kappa shape index (κ2) is 6.10. The molecule has 1 aromatic carbocycles. The summed E-state index contributed by atoms with van der Waals surface area (Å²) < 4.78 is 1.67. The molecule has 0 aliphatic carbocycles. The van der Waals surface area contributed by atoms with E-state index in [1.807, 2.05) is 63.2 Å². The number of hydrogen-bond acceptors (Lipinski definition) is 2. The molecule has 2 rings (SSSR count). The molecule has 106 valence electrons. The molecule has 1 N–H and O–H groups in total. The molecule has 21 heavy (non-hydrogen) atoms. The van der Waals surface area contributed by atoms with E-state index in [0.717, 1.165) is 22.5 Å². The molecule has 0 fully saturated rings. The lowest BCUT2D eigenvalue weighted by Crippen LogP contribution is -2.25. The van der Waals surface area contributed by atoms with Crippen LogP contribution in [0.15, 0.2) is 42.0 Å². The molecule has 0 atom stereocenters. The van der Waals surface area contributed by atoms with Crippen molar-refractivity contribution < 1.29 is 4.79 Å². The molecule has 1 aromatic heterocycles. The molecule has 4 heteroatoms. The predicted octanol–water partition coefficient (Wildman–Crippen LogP) is 3.09. The first-order valence-electron chi connectivity index (χ1n) is 6.66. The van der Waals surface area contributed by atoms with Crippen molar-refractivity contribution in [1.29, 1.82) is 5.26 Å². The Kier molecular flexibility index (Phi) is 4.24. The third kappa shape index (κ3) is 3.40. The van der Waals surface area contributed by atoms with Crippen LogP contribution in [0.1, 0.15) is 22.5 Å². The minimum absolute atomic E-state index is 0.0753. The lowest BCUT2D eigenvalue weighted by atomic mass is 10.1. The quantitative estimate of drug-likeness (QED) is 0.693. The van der Waals surface area contributed by atoms with Gasteiger partial charge < -0.3 is 0 Å². The maximum atomic E-state index is 12.2. The lowest BCUT2D eigenvalue weighted by Gasteiger charge is -2.10. The number of carbonyl (C=O) groups excluding carboxylic acids is 1. The van der Waals surface area contributed by atoms with Crippen LogP contribution in [0, 0.1) is 32.1 Å². The third-order valence-electron chi connectivity index (χ3n) is 3.24. The van der Waals surface area contributed by atoms with Gasteiger partial charge in [-0.1, -0.05) is 29.8 Å². The standard InChI is InChI=1S/C17H17N3O/c1-12-4-8-15(9-5-12)10-16(11-18)17(21)19-20-13(2)6-7-14(20)3/h4-10H,1-3H3,(H,19,21)/b16-10-. The van der Waals surface area contributed by atoms with Crippen molar-refractivity contribution in [1.82, 2.24) is 4.68 Å². The maximum Gasteiger partial charge on any atom is 0.280 e. The molecule has 1 heterocycles. The zero-order valence-electron chi connectivity index (χ0n) is 12.3. The SMILES string of the molecule is Cc1ccc(/C=C(/C#N)C(=O)Nn2c(C)ccc2C)cc1. The molecule has 0 unspecified atom stereocenters. The van der Waals surface area contributed by atoms with E-state index >= 15 is 0 Å². The van der Waals surface area contributed by atoms with E-state index in [9.17, 15) is 10.1 Å². The normalized spacial score (nSPS) is 11.0. The third-order valence-corrected chi connectivity index (χ3v) is 3.24. The van der Waals surface area contributed by atoms with Gasteiger partial charge in [-0.3, -0.25) is 14.9 Å². The first kappa shape index (κ1) is 14.6. The van der Waals surface area contributed by atoms with Crippen LogP contribution in [0.4, 0.5) is 0 Å². The highest BCUT2D eigenvalue weighted by molar-refractivity contribution is 6.06. The van der Waals surface area contributed by atoms with Crippen LogP contribution in [0.3, 0.4) is 0 Å². The number of aryl methyl sites for hydroxylation is 3. The summed E-state index contributed by atoms with van der Waals surface area (Å²) in [6.07, 6.45) is 1.59. The summed E-state index contributed by atoms with van der Waals surface area (Å²) in [5.74, 6) is -0.416. The van der Waals surface area contributed by atoms with Crippen molar-refractivity contribution in [3.8, 4) is 6.07 Å². The topological polar surface area (TPSA) is 57.8 Å². The largest absolute Gasteiger partial charge is 0.280 e. The van der Waals surface area contributed by atoms with E-state index in [-0.39, 0.29) is 5.57 Å². The highest BCUT2D eigenvalue weighted by Gasteiger charge is 2.11. The van der Waals surface area contributed by atoms with Gasteiger partial charge in [0.15, 0.2) is 0 Å². The van der Waals surface area contributed by atoms with Crippen LogP contribution < -0.4 is 5.43 Å². The molecular weight excluding hydrogens is 262 g/mol. The van der Waals surface area contributed by atoms with E-state index < -0.39 is 5.91 Å². The van der Waals surface area contributed by atoms with Gasteiger partial charge in [0.05, 0.1) is 0 Å². The number of aromatic nitrogens is 1. The molecule has 0 spiro atoms. The highest BCUT2D eigenvalue weighted by Crippen LogP contribution is 2.10. The molecule has 0 saturated carbocycles. The van der Waals surface area contributed by atoms with Crippen molar-refractivity contribution >= 4 is 12.0 Å².